The molecule has 0 radical (unpaired) electrons. The Kier molecular flexibility index (Phi) is 5.40. The van der Waals surface area contributed by atoms with Gasteiger partial charge >= 0.3 is 0 Å². The van der Waals surface area contributed by atoms with Gasteiger partial charge in [-0.1, -0.05) is 41.9 Å². The van der Waals surface area contributed by atoms with E-state index in [1.807, 2.05) is 13.0 Å². The Hall–Kier alpha value is -1.35. The van der Waals surface area contributed by atoms with Gasteiger partial charge in [-0.2, -0.15) is 0 Å². The van der Waals surface area contributed by atoms with Gasteiger partial charge in [-0.05, 0) is 55.2 Å². The fourth-order valence-electron chi connectivity index (χ4n) is 2.32. The predicted octanol–water partition coefficient (Wildman–Crippen LogP) is 6.27. The van der Waals surface area contributed by atoms with E-state index in [-0.39, 0.29) is 11.9 Å². The highest BCUT2D eigenvalue weighted by molar-refractivity contribution is 9.10. The largest absolute Gasteiger partial charge is 0.378 e. The van der Waals surface area contributed by atoms with Crippen molar-refractivity contribution in [2.45, 2.75) is 39.2 Å². The molecule has 0 aromatic heterocycles. The first-order valence-corrected chi connectivity index (χ1v) is 8.12. The number of halogens is 2. The maximum Gasteiger partial charge on any atom is 0.128 e. The SMILES string of the molecule is CCC(C)c1ccc(NC(C)c2cc(Br)ccc2F)cc1. The molecule has 2 aromatic rings. The monoisotopic (exact) mass is 349 g/mol. The highest BCUT2D eigenvalue weighted by Crippen LogP contribution is 2.26. The van der Waals surface area contributed by atoms with Crippen LogP contribution in [0.1, 0.15) is 50.3 Å². The van der Waals surface area contributed by atoms with E-state index in [2.05, 4.69) is 59.4 Å². The lowest BCUT2D eigenvalue weighted by molar-refractivity contribution is 0.600. The van der Waals surface area contributed by atoms with Crippen molar-refractivity contribution in [1.29, 1.82) is 0 Å². The molecule has 0 aliphatic rings. The summed E-state index contributed by atoms with van der Waals surface area (Å²) < 4.78 is 14.8. The van der Waals surface area contributed by atoms with Crippen molar-refractivity contribution in [3.05, 3.63) is 63.9 Å². The molecule has 3 heteroatoms. The molecular weight excluding hydrogens is 329 g/mol. The van der Waals surface area contributed by atoms with Crippen LogP contribution in [0.15, 0.2) is 46.9 Å². The highest BCUT2D eigenvalue weighted by Gasteiger charge is 2.11. The van der Waals surface area contributed by atoms with Crippen LogP contribution < -0.4 is 5.32 Å². The molecule has 2 rings (SSSR count). The molecule has 0 spiro atoms. The Balaban J connectivity index is 2.12. The summed E-state index contributed by atoms with van der Waals surface area (Å²) in [6.45, 7) is 6.38. The van der Waals surface area contributed by atoms with E-state index < -0.39 is 0 Å². The average molecular weight is 350 g/mol. The van der Waals surface area contributed by atoms with E-state index in [0.29, 0.717) is 11.5 Å². The van der Waals surface area contributed by atoms with Gasteiger partial charge < -0.3 is 5.32 Å². The number of anilines is 1. The van der Waals surface area contributed by atoms with Gasteiger partial charge in [0.15, 0.2) is 0 Å². The van der Waals surface area contributed by atoms with Gasteiger partial charge in [-0.15, -0.1) is 0 Å². The zero-order chi connectivity index (χ0) is 15.4. The second kappa shape index (κ2) is 7.08. The second-order valence-electron chi connectivity index (χ2n) is 5.46. The molecule has 0 saturated heterocycles. The van der Waals surface area contributed by atoms with Crippen molar-refractivity contribution < 1.29 is 4.39 Å². The molecule has 0 saturated carbocycles. The molecule has 0 fully saturated rings. The van der Waals surface area contributed by atoms with Crippen molar-refractivity contribution in [2.75, 3.05) is 5.32 Å². The first-order valence-electron chi connectivity index (χ1n) is 7.32. The lowest BCUT2D eigenvalue weighted by atomic mass is 9.98. The zero-order valence-corrected chi connectivity index (χ0v) is 14.2. The lowest BCUT2D eigenvalue weighted by Gasteiger charge is -2.17. The summed E-state index contributed by atoms with van der Waals surface area (Å²) in [5.41, 5.74) is 3.01. The molecule has 1 N–H and O–H groups in total. The molecule has 0 aliphatic heterocycles. The molecule has 0 heterocycles. The van der Waals surface area contributed by atoms with Gasteiger partial charge in [0.05, 0.1) is 6.04 Å². The van der Waals surface area contributed by atoms with Gasteiger partial charge in [0, 0.05) is 15.7 Å². The quantitative estimate of drug-likeness (QED) is 0.670. The molecule has 2 aromatic carbocycles. The summed E-state index contributed by atoms with van der Waals surface area (Å²) in [5, 5.41) is 3.35. The van der Waals surface area contributed by atoms with Crippen molar-refractivity contribution in [3.8, 4) is 0 Å². The summed E-state index contributed by atoms with van der Waals surface area (Å²) >= 11 is 3.39. The fraction of sp³-hybridized carbons (Fsp3) is 0.333. The van der Waals surface area contributed by atoms with Crippen LogP contribution in [0.2, 0.25) is 0 Å². The molecule has 0 aliphatic carbocycles. The topological polar surface area (TPSA) is 12.0 Å². The zero-order valence-electron chi connectivity index (χ0n) is 12.7. The minimum absolute atomic E-state index is 0.0862. The molecule has 0 amide bonds. The smallest absolute Gasteiger partial charge is 0.128 e. The molecule has 1 nitrogen and oxygen atoms in total. The minimum atomic E-state index is -0.186. The first kappa shape index (κ1) is 16.0. The maximum absolute atomic E-state index is 13.9. The first-order chi connectivity index (χ1) is 10.0. The third-order valence-electron chi connectivity index (χ3n) is 3.90. The van der Waals surface area contributed by atoms with Gasteiger partial charge in [-0.3, -0.25) is 0 Å². The normalized spacial score (nSPS) is 13.8. The standard InChI is InChI=1S/C18H21BrFN/c1-4-12(2)14-5-8-16(9-6-14)21-13(3)17-11-15(19)7-10-18(17)20/h5-13,21H,4H2,1-3H3. The summed E-state index contributed by atoms with van der Waals surface area (Å²) in [7, 11) is 0. The summed E-state index contributed by atoms with van der Waals surface area (Å²) in [5.74, 6) is 0.383. The molecule has 112 valence electrons. The van der Waals surface area contributed by atoms with Crippen molar-refractivity contribution in [2.24, 2.45) is 0 Å². The third-order valence-corrected chi connectivity index (χ3v) is 4.39. The van der Waals surface area contributed by atoms with Crippen LogP contribution in [0.4, 0.5) is 10.1 Å². The Bertz CT molecular complexity index is 595. The van der Waals surface area contributed by atoms with Crippen molar-refractivity contribution in [1.82, 2.24) is 0 Å². The van der Waals surface area contributed by atoms with Gasteiger partial charge in [0.1, 0.15) is 5.82 Å². The lowest BCUT2D eigenvalue weighted by Crippen LogP contribution is -2.08. The summed E-state index contributed by atoms with van der Waals surface area (Å²) in [4.78, 5) is 0. The van der Waals surface area contributed by atoms with Gasteiger partial charge in [0.25, 0.3) is 0 Å². The van der Waals surface area contributed by atoms with Crippen LogP contribution in [0.3, 0.4) is 0 Å². The number of benzene rings is 2. The fourth-order valence-corrected chi connectivity index (χ4v) is 2.70. The van der Waals surface area contributed by atoms with E-state index in [1.54, 1.807) is 6.07 Å². The molecular formula is C18H21BrFN. The van der Waals surface area contributed by atoms with Crippen molar-refractivity contribution >= 4 is 21.6 Å². The molecule has 2 unspecified atom stereocenters. The van der Waals surface area contributed by atoms with Crippen LogP contribution in [-0.2, 0) is 0 Å². The number of hydrogen-bond acceptors (Lipinski definition) is 1. The molecule has 2 atom stereocenters. The Morgan fingerprint density at radius 1 is 1.10 bits per heavy atom. The van der Waals surface area contributed by atoms with Crippen LogP contribution in [-0.4, -0.2) is 0 Å². The average Bonchev–Trinajstić information content (AvgIpc) is 2.49. The van der Waals surface area contributed by atoms with Crippen molar-refractivity contribution in [3.63, 3.8) is 0 Å². The van der Waals surface area contributed by atoms with Crippen LogP contribution in [0.5, 0.6) is 0 Å². The predicted molar refractivity (Wildman–Crippen MR) is 91.3 cm³/mol. The minimum Gasteiger partial charge on any atom is -0.378 e. The summed E-state index contributed by atoms with van der Waals surface area (Å²) in [6.07, 6.45) is 1.13. The number of hydrogen-bond donors (Lipinski definition) is 1. The van der Waals surface area contributed by atoms with Crippen LogP contribution in [0, 0.1) is 5.82 Å². The van der Waals surface area contributed by atoms with Crippen LogP contribution >= 0.6 is 15.9 Å². The van der Waals surface area contributed by atoms with Crippen LogP contribution in [0.25, 0.3) is 0 Å². The second-order valence-corrected chi connectivity index (χ2v) is 6.38. The molecule has 0 bridgehead atoms. The summed E-state index contributed by atoms with van der Waals surface area (Å²) in [6, 6.07) is 13.3. The maximum atomic E-state index is 13.9. The number of rotatable bonds is 5. The van der Waals surface area contributed by atoms with Gasteiger partial charge in [-0.25, -0.2) is 4.39 Å². The Labute approximate surface area is 134 Å². The third kappa shape index (κ3) is 4.07. The number of nitrogens with one attached hydrogen (secondary N) is 1. The van der Waals surface area contributed by atoms with E-state index in [1.165, 1.54) is 11.6 Å². The van der Waals surface area contributed by atoms with E-state index >= 15 is 0 Å². The van der Waals surface area contributed by atoms with E-state index in [9.17, 15) is 4.39 Å². The Morgan fingerprint density at radius 2 is 1.76 bits per heavy atom. The molecule has 21 heavy (non-hydrogen) atoms. The highest BCUT2D eigenvalue weighted by atomic mass is 79.9. The van der Waals surface area contributed by atoms with Gasteiger partial charge in [0.2, 0.25) is 0 Å². The van der Waals surface area contributed by atoms with E-state index in [0.717, 1.165) is 16.6 Å². The Morgan fingerprint density at radius 3 is 2.38 bits per heavy atom. The van der Waals surface area contributed by atoms with E-state index in [4.69, 9.17) is 0 Å².